The number of hydrogen-bond donors (Lipinski definition) is 0. The molecule has 1 rings (SSSR count). The molecular weight excluding hydrogens is 160 g/mol. The van der Waals surface area contributed by atoms with Gasteiger partial charge in [-0.2, -0.15) is 0 Å². The molecular formula is C8H14S2. The topological polar surface area (TPSA) is 0 Å². The van der Waals surface area contributed by atoms with Gasteiger partial charge < -0.3 is 0 Å². The van der Waals surface area contributed by atoms with E-state index in [9.17, 15) is 0 Å². The smallest absolute Gasteiger partial charge is 0.0157 e. The van der Waals surface area contributed by atoms with Gasteiger partial charge in [-0.1, -0.05) is 13.8 Å². The summed E-state index contributed by atoms with van der Waals surface area (Å²) in [6.07, 6.45) is 1.22. The molecule has 0 fully saturated rings. The van der Waals surface area contributed by atoms with Crippen LogP contribution in [0.1, 0.15) is 27.2 Å². The van der Waals surface area contributed by atoms with Gasteiger partial charge in [-0.15, -0.1) is 23.5 Å². The van der Waals surface area contributed by atoms with Gasteiger partial charge in [0.1, 0.15) is 0 Å². The molecule has 0 spiro atoms. The Labute approximate surface area is 71.8 Å². The van der Waals surface area contributed by atoms with Gasteiger partial charge >= 0.3 is 0 Å². The minimum Gasteiger partial charge on any atom is -0.129 e. The second kappa shape index (κ2) is 3.72. The molecule has 0 aromatic rings. The van der Waals surface area contributed by atoms with Crippen molar-refractivity contribution < 1.29 is 0 Å². The Morgan fingerprint density at radius 2 is 2.30 bits per heavy atom. The fourth-order valence-corrected chi connectivity index (χ4v) is 3.59. The van der Waals surface area contributed by atoms with Gasteiger partial charge in [-0.05, 0) is 23.2 Å². The third-order valence-corrected chi connectivity index (χ3v) is 4.70. The van der Waals surface area contributed by atoms with E-state index in [1.807, 2.05) is 23.5 Å². The zero-order chi connectivity index (χ0) is 7.56. The van der Waals surface area contributed by atoms with Crippen molar-refractivity contribution in [3.63, 3.8) is 0 Å². The molecule has 0 aromatic carbocycles. The van der Waals surface area contributed by atoms with Crippen LogP contribution >= 0.6 is 23.5 Å². The van der Waals surface area contributed by atoms with Gasteiger partial charge in [0.25, 0.3) is 0 Å². The summed E-state index contributed by atoms with van der Waals surface area (Å²) in [6, 6.07) is 0. The summed E-state index contributed by atoms with van der Waals surface area (Å²) in [5.74, 6) is 1.30. The highest BCUT2D eigenvalue weighted by atomic mass is 32.2. The first kappa shape index (κ1) is 8.54. The van der Waals surface area contributed by atoms with Crippen LogP contribution in [-0.4, -0.2) is 11.0 Å². The summed E-state index contributed by atoms with van der Waals surface area (Å²) in [4.78, 5) is 3.15. The van der Waals surface area contributed by atoms with Gasteiger partial charge in [0.15, 0.2) is 0 Å². The van der Waals surface area contributed by atoms with Crippen LogP contribution in [-0.2, 0) is 0 Å². The highest BCUT2D eigenvalue weighted by Gasteiger charge is 2.14. The molecule has 0 aromatic heterocycles. The van der Waals surface area contributed by atoms with E-state index in [0.29, 0.717) is 0 Å². The summed E-state index contributed by atoms with van der Waals surface area (Å²) < 4.78 is 0. The van der Waals surface area contributed by atoms with E-state index < -0.39 is 0 Å². The van der Waals surface area contributed by atoms with E-state index >= 15 is 0 Å². The van der Waals surface area contributed by atoms with E-state index in [1.165, 1.54) is 12.2 Å². The Morgan fingerprint density at radius 3 is 2.80 bits per heavy atom. The van der Waals surface area contributed by atoms with E-state index in [2.05, 4.69) is 20.8 Å². The first-order chi connectivity index (χ1) is 4.74. The third-order valence-electron chi connectivity index (χ3n) is 1.58. The predicted octanol–water partition coefficient (Wildman–Crippen LogP) is 3.50. The predicted molar refractivity (Wildman–Crippen MR) is 52.5 cm³/mol. The van der Waals surface area contributed by atoms with Crippen molar-refractivity contribution >= 4 is 23.5 Å². The molecule has 10 heavy (non-hydrogen) atoms. The molecule has 1 unspecified atom stereocenters. The van der Waals surface area contributed by atoms with Gasteiger partial charge in [0, 0.05) is 11.0 Å². The van der Waals surface area contributed by atoms with Gasteiger partial charge in [-0.3, -0.25) is 0 Å². The van der Waals surface area contributed by atoms with Crippen LogP contribution in [0.2, 0.25) is 0 Å². The minimum atomic E-state index is 0.820. The molecule has 0 aliphatic carbocycles. The van der Waals surface area contributed by atoms with Crippen LogP contribution in [0.5, 0.6) is 0 Å². The van der Waals surface area contributed by atoms with Crippen LogP contribution in [0, 0.1) is 0 Å². The molecule has 0 radical (unpaired) electrons. The second-order valence-electron chi connectivity index (χ2n) is 2.57. The molecule has 1 aliphatic heterocycles. The standard InChI is InChI=1S/C8H14S2/c1-4-8-7(3)10-6(2)5-9-8/h6H,4-5H2,1-3H3. The SMILES string of the molecule is CCC1=C(C)SC(C)CS1. The van der Waals surface area contributed by atoms with Crippen molar-refractivity contribution in [3.8, 4) is 0 Å². The lowest BCUT2D eigenvalue weighted by molar-refractivity contribution is 1.11. The zero-order valence-corrected chi connectivity index (χ0v) is 8.44. The Kier molecular flexibility index (Phi) is 3.18. The molecule has 0 bridgehead atoms. The molecule has 0 saturated heterocycles. The van der Waals surface area contributed by atoms with Crippen molar-refractivity contribution in [1.29, 1.82) is 0 Å². The summed E-state index contributed by atoms with van der Waals surface area (Å²) >= 11 is 4.07. The maximum Gasteiger partial charge on any atom is 0.0157 e. The van der Waals surface area contributed by atoms with Gasteiger partial charge in [0.05, 0.1) is 0 Å². The highest BCUT2D eigenvalue weighted by molar-refractivity contribution is 8.10. The monoisotopic (exact) mass is 174 g/mol. The lowest BCUT2D eigenvalue weighted by Crippen LogP contribution is -2.05. The summed E-state index contributed by atoms with van der Waals surface area (Å²) in [6.45, 7) is 6.78. The summed E-state index contributed by atoms with van der Waals surface area (Å²) in [7, 11) is 0. The average Bonchev–Trinajstić information content (AvgIpc) is 1.88. The van der Waals surface area contributed by atoms with Gasteiger partial charge in [-0.25, -0.2) is 0 Å². The largest absolute Gasteiger partial charge is 0.129 e. The lowest BCUT2D eigenvalue weighted by atomic mass is 10.4. The second-order valence-corrected chi connectivity index (χ2v) is 5.34. The molecule has 1 atom stereocenters. The van der Waals surface area contributed by atoms with Crippen molar-refractivity contribution in [2.45, 2.75) is 32.4 Å². The Hall–Kier alpha value is 0.440. The Bertz CT molecular complexity index is 149. The van der Waals surface area contributed by atoms with E-state index in [-0.39, 0.29) is 0 Å². The van der Waals surface area contributed by atoms with Crippen LogP contribution in [0.3, 0.4) is 0 Å². The van der Waals surface area contributed by atoms with E-state index in [4.69, 9.17) is 0 Å². The molecule has 0 nitrogen and oxygen atoms in total. The highest BCUT2D eigenvalue weighted by Crippen LogP contribution is 2.39. The maximum absolute atomic E-state index is 2.30. The van der Waals surface area contributed by atoms with Crippen LogP contribution in [0.25, 0.3) is 0 Å². The summed E-state index contributed by atoms with van der Waals surface area (Å²) in [5, 5.41) is 0.820. The van der Waals surface area contributed by atoms with Gasteiger partial charge in [0.2, 0.25) is 0 Å². The number of rotatable bonds is 1. The number of thioether (sulfide) groups is 2. The molecule has 0 saturated carbocycles. The molecule has 58 valence electrons. The van der Waals surface area contributed by atoms with Crippen LogP contribution in [0.15, 0.2) is 9.81 Å². The zero-order valence-electron chi connectivity index (χ0n) is 6.81. The fourth-order valence-electron chi connectivity index (χ4n) is 1.07. The van der Waals surface area contributed by atoms with E-state index in [0.717, 1.165) is 5.25 Å². The van der Waals surface area contributed by atoms with Crippen molar-refractivity contribution in [3.05, 3.63) is 9.81 Å². The first-order valence-corrected chi connectivity index (χ1v) is 5.59. The normalized spacial score (nSPS) is 27.3. The number of hydrogen-bond acceptors (Lipinski definition) is 2. The lowest BCUT2D eigenvalue weighted by Gasteiger charge is -2.20. The van der Waals surface area contributed by atoms with Crippen LogP contribution in [0.4, 0.5) is 0 Å². The van der Waals surface area contributed by atoms with Crippen molar-refractivity contribution in [2.24, 2.45) is 0 Å². The molecule has 1 heterocycles. The molecule has 2 heteroatoms. The van der Waals surface area contributed by atoms with Crippen molar-refractivity contribution in [1.82, 2.24) is 0 Å². The fraction of sp³-hybridized carbons (Fsp3) is 0.750. The van der Waals surface area contributed by atoms with Crippen LogP contribution < -0.4 is 0 Å². The van der Waals surface area contributed by atoms with E-state index in [1.54, 1.807) is 9.81 Å². The minimum absolute atomic E-state index is 0.820. The van der Waals surface area contributed by atoms with Crippen molar-refractivity contribution in [2.75, 3.05) is 5.75 Å². The molecule has 0 amide bonds. The Balaban J connectivity index is 2.61. The third kappa shape index (κ3) is 1.96. The first-order valence-electron chi connectivity index (χ1n) is 3.73. The average molecular weight is 174 g/mol. The Morgan fingerprint density at radius 1 is 1.60 bits per heavy atom. The number of allylic oxidation sites excluding steroid dienone is 2. The maximum atomic E-state index is 2.30. The quantitative estimate of drug-likeness (QED) is 0.597. The molecule has 1 aliphatic rings. The molecule has 0 N–H and O–H groups in total. The summed E-state index contributed by atoms with van der Waals surface area (Å²) in [5.41, 5.74) is 0.